The molecule has 2 nitrogen and oxygen atoms in total. The van der Waals surface area contributed by atoms with E-state index >= 15 is 0 Å². The molecule has 1 aromatic carbocycles. The second-order valence-electron chi connectivity index (χ2n) is 4.37. The Hall–Kier alpha value is -1.57. The van der Waals surface area contributed by atoms with Crippen LogP contribution in [0.4, 0.5) is 0 Å². The number of benzene rings is 1. The molecule has 0 N–H and O–H groups in total. The van der Waals surface area contributed by atoms with Crippen LogP contribution >= 0.6 is 0 Å². The van der Waals surface area contributed by atoms with Crippen molar-refractivity contribution in [2.45, 2.75) is 19.8 Å². The Labute approximate surface area is 95.7 Å². The van der Waals surface area contributed by atoms with Crippen LogP contribution in [0.2, 0.25) is 0 Å². The summed E-state index contributed by atoms with van der Waals surface area (Å²) >= 11 is 0. The molecular formula is C14H15NO. The SMILES string of the molecule is COc1ccc2c(c1)CC1=C2CCN=C1C. The Bertz CT molecular complexity index is 511. The molecule has 1 aliphatic heterocycles. The van der Waals surface area contributed by atoms with Gasteiger partial charge in [-0.1, -0.05) is 6.07 Å². The highest BCUT2D eigenvalue weighted by atomic mass is 16.5. The highest BCUT2D eigenvalue weighted by Crippen LogP contribution is 2.39. The van der Waals surface area contributed by atoms with Gasteiger partial charge in [0.15, 0.2) is 0 Å². The summed E-state index contributed by atoms with van der Waals surface area (Å²) in [5, 5.41) is 0. The molecule has 2 heteroatoms. The van der Waals surface area contributed by atoms with Crippen molar-refractivity contribution in [2.24, 2.45) is 4.99 Å². The van der Waals surface area contributed by atoms with Gasteiger partial charge < -0.3 is 4.74 Å². The Morgan fingerprint density at radius 2 is 2.12 bits per heavy atom. The Morgan fingerprint density at radius 3 is 2.94 bits per heavy atom. The highest BCUT2D eigenvalue weighted by molar-refractivity contribution is 6.08. The number of allylic oxidation sites excluding steroid dienone is 1. The molecule has 0 amide bonds. The van der Waals surface area contributed by atoms with E-state index in [1.165, 1.54) is 28.0 Å². The fourth-order valence-electron chi connectivity index (χ4n) is 2.66. The number of aliphatic imine (C=N–C) groups is 1. The first kappa shape index (κ1) is 9.64. The minimum atomic E-state index is 0.941. The predicted molar refractivity (Wildman–Crippen MR) is 66.2 cm³/mol. The lowest BCUT2D eigenvalue weighted by Crippen LogP contribution is -2.05. The number of hydrogen-bond donors (Lipinski definition) is 0. The van der Waals surface area contributed by atoms with E-state index < -0.39 is 0 Å². The van der Waals surface area contributed by atoms with Crippen LogP contribution in [-0.2, 0) is 6.42 Å². The van der Waals surface area contributed by atoms with Gasteiger partial charge in [0.1, 0.15) is 5.75 Å². The van der Waals surface area contributed by atoms with Crippen LogP contribution in [0, 0.1) is 0 Å². The molecule has 0 atom stereocenters. The number of rotatable bonds is 1. The predicted octanol–water partition coefficient (Wildman–Crippen LogP) is 2.87. The van der Waals surface area contributed by atoms with Crippen LogP contribution in [0.5, 0.6) is 5.75 Å². The third-order valence-corrected chi connectivity index (χ3v) is 3.52. The van der Waals surface area contributed by atoms with Gasteiger partial charge in [0, 0.05) is 18.7 Å². The van der Waals surface area contributed by atoms with Crippen LogP contribution < -0.4 is 4.74 Å². The number of methoxy groups -OCH3 is 1. The number of ether oxygens (including phenoxy) is 1. The molecule has 1 heterocycles. The largest absolute Gasteiger partial charge is 0.497 e. The van der Waals surface area contributed by atoms with Gasteiger partial charge in [0.2, 0.25) is 0 Å². The molecule has 0 saturated carbocycles. The molecular weight excluding hydrogens is 198 g/mol. The maximum atomic E-state index is 5.27. The summed E-state index contributed by atoms with van der Waals surface area (Å²) in [6.45, 7) is 3.06. The Kier molecular flexibility index (Phi) is 2.10. The smallest absolute Gasteiger partial charge is 0.119 e. The van der Waals surface area contributed by atoms with E-state index in [2.05, 4.69) is 30.1 Å². The van der Waals surface area contributed by atoms with E-state index in [1.54, 1.807) is 7.11 Å². The average molecular weight is 213 g/mol. The average Bonchev–Trinajstić information content (AvgIpc) is 2.68. The lowest BCUT2D eigenvalue weighted by atomic mass is 9.99. The van der Waals surface area contributed by atoms with Crippen LogP contribution in [0.3, 0.4) is 0 Å². The fraction of sp³-hybridized carbons (Fsp3) is 0.357. The van der Waals surface area contributed by atoms with Crippen molar-refractivity contribution in [3.8, 4) is 5.75 Å². The van der Waals surface area contributed by atoms with Gasteiger partial charge in [-0.3, -0.25) is 4.99 Å². The molecule has 0 aromatic heterocycles. The first-order valence-corrected chi connectivity index (χ1v) is 5.70. The summed E-state index contributed by atoms with van der Waals surface area (Å²) in [5.74, 6) is 0.952. The molecule has 3 rings (SSSR count). The summed E-state index contributed by atoms with van der Waals surface area (Å²) in [6, 6.07) is 6.39. The topological polar surface area (TPSA) is 21.6 Å². The molecule has 0 radical (unpaired) electrons. The summed E-state index contributed by atoms with van der Waals surface area (Å²) in [7, 11) is 1.72. The van der Waals surface area contributed by atoms with Crippen LogP contribution in [0.25, 0.3) is 5.57 Å². The monoisotopic (exact) mass is 213 g/mol. The lowest BCUT2D eigenvalue weighted by Gasteiger charge is -2.12. The zero-order chi connectivity index (χ0) is 11.1. The minimum absolute atomic E-state index is 0.941. The zero-order valence-electron chi connectivity index (χ0n) is 9.71. The van der Waals surface area contributed by atoms with Crippen LogP contribution in [-0.4, -0.2) is 19.4 Å². The molecule has 16 heavy (non-hydrogen) atoms. The molecule has 1 aromatic rings. The fourth-order valence-corrected chi connectivity index (χ4v) is 2.66. The molecule has 2 aliphatic rings. The number of dihydropyridines is 1. The quantitative estimate of drug-likeness (QED) is 0.703. The van der Waals surface area contributed by atoms with E-state index in [0.717, 1.165) is 25.1 Å². The normalized spacial score (nSPS) is 18.0. The minimum Gasteiger partial charge on any atom is -0.497 e. The first-order chi connectivity index (χ1) is 7.79. The molecule has 1 aliphatic carbocycles. The van der Waals surface area contributed by atoms with Crippen molar-refractivity contribution in [3.63, 3.8) is 0 Å². The third-order valence-electron chi connectivity index (χ3n) is 3.52. The molecule has 0 saturated heterocycles. The second kappa shape index (κ2) is 3.48. The van der Waals surface area contributed by atoms with Gasteiger partial charge >= 0.3 is 0 Å². The van der Waals surface area contributed by atoms with Crippen molar-refractivity contribution in [1.82, 2.24) is 0 Å². The standard InChI is InChI=1S/C14H15NO/c1-9-14-8-10-7-11(16-2)3-4-12(10)13(14)5-6-15-9/h3-4,7H,5-6,8H2,1-2H3. The number of hydrogen-bond acceptors (Lipinski definition) is 2. The second-order valence-corrected chi connectivity index (χ2v) is 4.37. The van der Waals surface area contributed by atoms with Gasteiger partial charge in [-0.05, 0) is 47.8 Å². The van der Waals surface area contributed by atoms with Gasteiger partial charge in [-0.25, -0.2) is 0 Å². The van der Waals surface area contributed by atoms with E-state index in [1.807, 2.05) is 0 Å². The van der Waals surface area contributed by atoms with E-state index in [-0.39, 0.29) is 0 Å². The van der Waals surface area contributed by atoms with Gasteiger partial charge in [0.05, 0.1) is 7.11 Å². The summed E-state index contributed by atoms with van der Waals surface area (Å²) < 4.78 is 5.27. The lowest BCUT2D eigenvalue weighted by molar-refractivity contribution is 0.414. The van der Waals surface area contributed by atoms with E-state index in [9.17, 15) is 0 Å². The van der Waals surface area contributed by atoms with Crippen molar-refractivity contribution in [3.05, 3.63) is 34.9 Å². The molecule has 0 bridgehead atoms. The highest BCUT2D eigenvalue weighted by Gasteiger charge is 2.25. The summed E-state index contributed by atoms with van der Waals surface area (Å²) in [4.78, 5) is 4.53. The van der Waals surface area contributed by atoms with Crippen molar-refractivity contribution in [2.75, 3.05) is 13.7 Å². The number of nitrogens with zero attached hydrogens (tertiary/aromatic N) is 1. The van der Waals surface area contributed by atoms with Crippen molar-refractivity contribution in [1.29, 1.82) is 0 Å². The van der Waals surface area contributed by atoms with E-state index in [4.69, 9.17) is 4.74 Å². The summed E-state index contributed by atoms with van der Waals surface area (Å²) in [5.41, 5.74) is 6.96. The zero-order valence-corrected chi connectivity index (χ0v) is 9.71. The van der Waals surface area contributed by atoms with Gasteiger partial charge in [-0.2, -0.15) is 0 Å². The van der Waals surface area contributed by atoms with E-state index in [0.29, 0.717) is 0 Å². The molecule has 0 unspecified atom stereocenters. The number of fused-ring (bicyclic) bond motifs is 2. The molecule has 0 spiro atoms. The third kappa shape index (κ3) is 1.29. The molecule has 82 valence electrons. The Morgan fingerprint density at radius 1 is 1.25 bits per heavy atom. The maximum Gasteiger partial charge on any atom is 0.119 e. The molecule has 0 fully saturated rings. The Balaban J connectivity index is 2.08. The maximum absolute atomic E-state index is 5.27. The van der Waals surface area contributed by atoms with Crippen LogP contribution in [0.1, 0.15) is 24.5 Å². The van der Waals surface area contributed by atoms with Gasteiger partial charge in [0.25, 0.3) is 0 Å². The van der Waals surface area contributed by atoms with Crippen LogP contribution in [0.15, 0.2) is 28.8 Å². The summed E-state index contributed by atoms with van der Waals surface area (Å²) in [6.07, 6.45) is 2.11. The van der Waals surface area contributed by atoms with Gasteiger partial charge in [-0.15, -0.1) is 0 Å². The van der Waals surface area contributed by atoms with Crippen molar-refractivity contribution >= 4 is 11.3 Å². The first-order valence-electron chi connectivity index (χ1n) is 5.70. The van der Waals surface area contributed by atoms with Crippen molar-refractivity contribution < 1.29 is 4.74 Å².